The minimum absolute atomic E-state index is 0. The van der Waals surface area contributed by atoms with Crippen LogP contribution in [-0.4, -0.2) is 0 Å². The Kier molecular flexibility index (Phi) is 4530. The van der Waals surface area contributed by atoms with E-state index in [-0.39, 0.29) is 68.3 Å². The molecular formula is C3H17IrNP2-4. The van der Waals surface area contributed by atoms with Crippen molar-refractivity contribution in [2.75, 3.05) is 0 Å². The fourth-order valence-corrected chi connectivity index (χ4v) is 0. The molecule has 4 heteroatoms. The van der Waals surface area contributed by atoms with Gasteiger partial charge in [-0.05, 0) is 0 Å². The molecule has 0 aromatic heterocycles. The average Bonchev–Trinajstić information content (AvgIpc) is 0. The van der Waals surface area contributed by atoms with Crippen LogP contribution in [-0.2, 0) is 20.1 Å². The molecule has 7 heavy (non-hydrogen) atoms. The molecule has 0 saturated heterocycles. The van der Waals surface area contributed by atoms with Crippen LogP contribution < -0.4 is 0 Å². The van der Waals surface area contributed by atoms with Crippen molar-refractivity contribution in [1.29, 1.82) is 0 Å². The summed E-state index contributed by atoms with van der Waals surface area (Å²) in [5.74, 6) is 0. The minimum atomic E-state index is 0. The minimum Gasteiger partial charge on any atom is -0.693 e. The summed E-state index contributed by atoms with van der Waals surface area (Å²) in [5, 5.41) is 0. The molecule has 0 aromatic rings. The first-order valence-corrected chi connectivity index (χ1v) is 0. The van der Waals surface area contributed by atoms with Crippen molar-refractivity contribution < 1.29 is 20.1 Å². The summed E-state index contributed by atoms with van der Waals surface area (Å²) >= 11 is 0. The fourth-order valence-electron chi connectivity index (χ4n) is 0. The Morgan fingerprint density at radius 1 is 0.571 bits per heavy atom. The molecular weight excluding hydrogens is 304 g/mol. The fraction of sp³-hybridized carbons (Fsp3) is 0. The summed E-state index contributed by atoms with van der Waals surface area (Å²) in [6.45, 7) is 0. The Labute approximate surface area is 68.6 Å². The molecule has 0 saturated carbocycles. The van der Waals surface area contributed by atoms with Gasteiger partial charge in [-0.2, -0.15) is 19.8 Å². The van der Waals surface area contributed by atoms with E-state index in [9.17, 15) is 0 Å². The van der Waals surface area contributed by atoms with E-state index < -0.39 is 0 Å². The first-order chi connectivity index (χ1) is 0. The Hall–Kier alpha value is 1.47. The van der Waals surface area contributed by atoms with Crippen LogP contribution in [0.3, 0.4) is 0 Å². The molecule has 57 valence electrons. The predicted octanol–water partition coefficient (Wildman–Crippen LogP) is 2.18. The SMILES string of the molecule is P.P.[CH3-].[CH3-].[CH3-].[Ir].[NH2-]. The molecule has 0 heterocycles. The van der Waals surface area contributed by atoms with E-state index in [2.05, 4.69) is 0 Å². The van der Waals surface area contributed by atoms with Gasteiger partial charge in [-0.25, -0.2) is 0 Å². The van der Waals surface area contributed by atoms with Crippen LogP contribution in [0.4, 0.5) is 0 Å². The molecule has 1 radical (unpaired) electrons. The smallest absolute Gasteiger partial charge is 0 e. The first-order valence-electron chi connectivity index (χ1n) is 0. The third-order valence-electron chi connectivity index (χ3n) is 0. The normalized spacial score (nSPS) is 0. The van der Waals surface area contributed by atoms with E-state index in [4.69, 9.17) is 0 Å². The molecule has 0 rings (SSSR count). The maximum atomic E-state index is 0. The third kappa shape index (κ3) is 103. The number of hydrogen-bond acceptors (Lipinski definition) is 0. The zero-order valence-corrected chi connectivity index (χ0v) is 10.5. The van der Waals surface area contributed by atoms with Crippen molar-refractivity contribution in [3.05, 3.63) is 28.4 Å². The third-order valence-corrected chi connectivity index (χ3v) is 0. The van der Waals surface area contributed by atoms with Crippen LogP contribution >= 0.6 is 19.8 Å². The topological polar surface area (TPSA) is 33.5 Å². The van der Waals surface area contributed by atoms with Crippen LogP contribution in [0, 0.1) is 22.3 Å². The standard InChI is InChI=1S/3CH3.Ir.H2N.2H3P/h3*1H3;;1H2;2*1H3/q3*-1;;-1;;. The van der Waals surface area contributed by atoms with E-state index in [0.717, 1.165) is 0 Å². The molecule has 0 aliphatic rings. The Morgan fingerprint density at radius 3 is 0.571 bits per heavy atom. The van der Waals surface area contributed by atoms with Crippen molar-refractivity contribution >= 4 is 19.8 Å². The second kappa shape index (κ2) is 145. The van der Waals surface area contributed by atoms with Gasteiger partial charge in [0.25, 0.3) is 0 Å². The monoisotopic (exact) mass is 322 g/mol. The van der Waals surface area contributed by atoms with Gasteiger partial charge >= 0.3 is 0 Å². The van der Waals surface area contributed by atoms with Gasteiger partial charge < -0.3 is 28.4 Å². The second-order valence-electron chi connectivity index (χ2n) is 0. The molecule has 2 unspecified atom stereocenters. The largest absolute Gasteiger partial charge is 0.693 e. The molecule has 2 atom stereocenters. The van der Waals surface area contributed by atoms with Gasteiger partial charge in [-0.1, -0.05) is 0 Å². The summed E-state index contributed by atoms with van der Waals surface area (Å²) in [6, 6.07) is 0. The van der Waals surface area contributed by atoms with Crippen molar-refractivity contribution in [3.63, 3.8) is 0 Å². The van der Waals surface area contributed by atoms with E-state index in [1.165, 1.54) is 0 Å². The maximum absolute atomic E-state index is 0. The number of hydrogen-bond donors (Lipinski definition) is 0. The second-order valence-corrected chi connectivity index (χ2v) is 0. The summed E-state index contributed by atoms with van der Waals surface area (Å²) < 4.78 is 0. The summed E-state index contributed by atoms with van der Waals surface area (Å²) in [5.41, 5.74) is 0. The van der Waals surface area contributed by atoms with E-state index in [0.29, 0.717) is 0 Å². The van der Waals surface area contributed by atoms with E-state index in [1.54, 1.807) is 0 Å². The van der Waals surface area contributed by atoms with Crippen LogP contribution in [0.2, 0.25) is 0 Å². The van der Waals surface area contributed by atoms with Gasteiger partial charge in [0.1, 0.15) is 0 Å². The Bertz CT molecular complexity index is 12.9. The zero-order chi connectivity index (χ0) is 0. The van der Waals surface area contributed by atoms with Gasteiger partial charge in [0.05, 0.1) is 0 Å². The van der Waals surface area contributed by atoms with Crippen molar-refractivity contribution in [2.45, 2.75) is 0 Å². The Morgan fingerprint density at radius 2 is 0.571 bits per heavy atom. The molecule has 0 aliphatic heterocycles. The zero-order valence-electron chi connectivity index (χ0n) is 5.32. The van der Waals surface area contributed by atoms with E-state index in [1.807, 2.05) is 0 Å². The van der Waals surface area contributed by atoms with Crippen LogP contribution in [0.1, 0.15) is 0 Å². The molecule has 2 N–H and O–H groups in total. The van der Waals surface area contributed by atoms with Crippen molar-refractivity contribution in [2.24, 2.45) is 0 Å². The number of nitrogens with two attached hydrogens (primary N) is 1. The molecule has 0 spiro atoms. The maximum Gasteiger partial charge on any atom is 0 e. The quantitative estimate of drug-likeness (QED) is 0.484. The summed E-state index contributed by atoms with van der Waals surface area (Å²) in [6.07, 6.45) is 0. The van der Waals surface area contributed by atoms with Gasteiger partial charge in [0, 0.05) is 20.1 Å². The Balaban J connectivity index is 0. The molecule has 0 amide bonds. The van der Waals surface area contributed by atoms with Crippen LogP contribution in [0.5, 0.6) is 0 Å². The van der Waals surface area contributed by atoms with Gasteiger partial charge in [0.2, 0.25) is 0 Å². The van der Waals surface area contributed by atoms with Crippen molar-refractivity contribution in [1.82, 2.24) is 0 Å². The molecule has 0 aromatic carbocycles. The molecule has 0 bridgehead atoms. The number of rotatable bonds is 0. The van der Waals surface area contributed by atoms with Gasteiger partial charge in [-0.15, -0.1) is 0 Å². The van der Waals surface area contributed by atoms with Crippen LogP contribution in [0.25, 0.3) is 6.15 Å². The molecule has 0 fully saturated rings. The van der Waals surface area contributed by atoms with Gasteiger partial charge in [-0.3, -0.25) is 0 Å². The molecule has 1 nitrogen and oxygen atoms in total. The first kappa shape index (κ1) is 219. The van der Waals surface area contributed by atoms with Crippen molar-refractivity contribution in [3.8, 4) is 0 Å². The summed E-state index contributed by atoms with van der Waals surface area (Å²) in [4.78, 5) is 0. The average molecular weight is 321 g/mol. The molecule has 0 aliphatic carbocycles. The van der Waals surface area contributed by atoms with E-state index >= 15 is 0 Å². The van der Waals surface area contributed by atoms with Crippen LogP contribution in [0.15, 0.2) is 0 Å². The summed E-state index contributed by atoms with van der Waals surface area (Å²) in [7, 11) is 0. The predicted molar refractivity (Wildman–Crippen MR) is 46.7 cm³/mol. The van der Waals surface area contributed by atoms with Gasteiger partial charge in [0.15, 0.2) is 0 Å².